The number of hydrogen-bond donors (Lipinski definition) is 1. The number of rotatable bonds is 5. The molecule has 0 saturated carbocycles. The molecule has 0 aliphatic carbocycles. The Bertz CT molecular complexity index is 450. The van der Waals surface area contributed by atoms with Crippen molar-refractivity contribution in [3.05, 3.63) is 11.3 Å². The molecule has 1 atom stereocenters. The number of anilines is 1. The smallest absolute Gasteiger partial charge is 0.358 e. The molecule has 2 heterocycles. The summed E-state index contributed by atoms with van der Waals surface area (Å²) in [6.07, 6.45) is 2.90. The number of nitrogens with two attached hydrogens (primary N) is 1. The lowest BCUT2D eigenvalue weighted by Gasteiger charge is -2.09. The van der Waals surface area contributed by atoms with Crippen molar-refractivity contribution in [2.24, 2.45) is 0 Å². The zero-order chi connectivity index (χ0) is 13.8. The van der Waals surface area contributed by atoms with Crippen molar-refractivity contribution in [2.45, 2.75) is 38.6 Å². The van der Waals surface area contributed by atoms with Crippen LogP contribution in [0, 0.1) is 0 Å². The third-order valence-electron chi connectivity index (χ3n) is 3.47. The molecule has 1 fully saturated rings. The third kappa shape index (κ3) is 2.73. The molecule has 2 rings (SSSR count). The van der Waals surface area contributed by atoms with Gasteiger partial charge in [0.05, 0.1) is 13.7 Å². The average molecular weight is 267 g/mol. The molecule has 1 aliphatic heterocycles. The highest BCUT2D eigenvalue weighted by molar-refractivity contribution is 5.90. The van der Waals surface area contributed by atoms with Crippen LogP contribution in [0.5, 0.6) is 0 Å². The van der Waals surface area contributed by atoms with Gasteiger partial charge in [0.1, 0.15) is 5.82 Å². The molecular weight excluding hydrogens is 246 g/mol. The molecule has 19 heavy (non-hydrogen) atoms. The van der Waals surface area contributed by atoms with E-state index in [2.05, 4.69) is 12.0 Å². The summed E-state index contributed by atoms with van der Waals surface area (Å²) in [5.74, 6) is 0.290. The van der Waals surface area contributed by atoms with Crippen molar-refractivity contribution < 1.29 is 14.3 Å². The minimum atomic E-state index is -0.427. The summed E-state index contributed by atoms with van der Waals surface area (Å²) in [4.78, 5) is 11.8. The number of unbranched alkanes of at least 4 members (excludes halogenated alkanes) is 1. The molecule has 6 nitrogen and oxygen atoms in total. The SMILES string of the molecule is CCCCn1nc(C(=O)OC)c(C2CCOC2)c1N. The summed E-state index contributed by atoms with van der Waals surface area (Å²) in [7, 11) is 1.36. The van der Waals surface area contributed by atoms with E-state index in [0.29, 0.717) is 24.7 Å². The Kier molecular flexibility index (Phi) is 4.42. The molecule has 106 valence electrons. The van der Waals surface area contributed by atoms with Crippen LogP contribution in [0.4, 0.5) is 5.82 Å². The number of carbonyl (C=O) groups excluding carboxylic acids is 1. The first-order valence-corrected chi connectivity index (χ1v) is 6.71. The molecule has 0 amide bonds. The van der Waals surface area contributed by atoms with Gasteiger partial charge in [0.25, 0.3) is 0 Å². The maximum Gasteiger partial charge on any atom is 0.358 e. The fraction of sp³-hybridized carbons (Fsp3) is 0.692. The summed E-state index contributed by atoms with van der Waals surface area (Å²) in [5.41, 5.74) is 7.29. The van der Waals surface area contributed by atoms with Gasteiger partial charge in [-0.2, -0.15) is 5.10 Å². The number of carbonyl (C=O) groups is 1. The normalized spacial score (nSPS) is 18.7. The van der Waals surface area contributed by atoms with Crippen LogP contribution < -0.4 is 5.73 Å². The van der Waals surface area contributed by atoms with Crippen LogP contribution in [0.25, 0.3) is 0 Å². The maximum atomic E-state index is 11.8. The van der Waals surface area contributed by atoms with Crippen molar-refractivity contribution >= 4 is 11.8 Å². The van der Waals surface area contributed by atoms with Crippen LogP contribution in [-0.2, 0) is 16.0 Å². The van der Waals surface area contributed by atoms with E-state index in [-0.39, 0.29) is 5.92 Å². The summed E-state index contributed by atoms with van der Waals surface area (Å²) in [6.45, 7) is 4.12. The fourth-order valence-electron chi connectivity index (χ4n) is 2.38. The Labute approximate surface area is 112 Å². The van der Waals surface area contributed by atoms with Crippen LogP contribution in [0.15, 0.2) is 0 Å². The first-order chi connectivity index (χ1) is 9.19. The molecule has 1 unspecified atom stereocenters. The van der Waals surface area contributed by atoms with Crippen molar-refractivity contribution in [1.29, 1.82) is 0 Å². The van der Waals surface area contributed by atoms with Gasteiger partial charge in [-0.3, -0.25) is 0 Å². The number of nitrogens with zero attached hydrogens (tertiary/aromatic N) is 2. The summed E-state index contributed by atoms with van der Waals surface area (Å²) in [5, 5.41) is 4.32. The van der Waals surface area contributed by atoms with E-state index in [4.69, 9.17) is 15.2 Å². The van der Waals surface area contributed by atoms with Gasteiger partial charge in [-0.15, -0.1) is 0 Å². The molecule has 0 spiro atoms. The zero-order valence-electron chi connectivity index (χ0n) is 11.5. The van der Waals surface area contributed by atoms with E-state index in [1.807, 2.05) is 0 Å². The van der Waals surface area contributed by atoms with Crippen molar-refractivity contribution in [3.63, 3.8) is 0 Å². The van der Waals surface area contributed by atoms with Gasteiger partial charge >= 0.3 is 5.97 Å². The number of aromatic nitrogens is 2. The van der Waals surface area contributed by atoms with Gasteiger partial charge in [-0.25, -0.2) is 9.48 Å². The minimum Gasteiger partial charge on any atom is -0.464 e. The predicted octanol–water partition coefficient (Wildman–Crippen LogP) is 1.56. The summed E-state index contributed by atoms with van der Waals surface area (Å²) < 4.78 is 11.9. The molecule has 1 aromatic heterocycles. The molecule has 0 bridgehead atoms. The Morgan fingerprint density at radius 3 is 3.00 bits per heavy atom. The quantitative estimate of drug-likeness (QED) is 0.819. The van der Waals surface area contributed by atoms with Crippen molar-refractivity contribution in [2.75, 3.05) is 26.1 Å². The highest BCUT2D eigenvalue weighted by atomic mass is 16.5. The molecule has 1 aromatic rings. The average Bonchev–Trinajstić information content (AvgIpc) is 3.03. The molecule has 6 heteroatoms. The first-order valence-electron chi connectivity index (χ1n) is 6.71. The molecular formula is C13H21N3O3. The van der Waals surface area contributed by atoms with E-state index >= 15 is 0 Å². The van der Waals surface area contributed by atoms with E-state index in [1.54, 1.807) is 4.68 Å². The number of aryl methyl sites for hydroxylation is 1. The summed E-state index contributed by atoms with van der Waals surface area (Å²) >= 11 is 0. The minimum absolute atomic E-state index is 0.143. The second-order valence-corrected chi connectivity index (χ2v) is 4.78. The highest BCUT2D eigenvalue weighted by Gasteiger charge is 2.30. The molecule has 1 saturated heterocycles. The van der Waals surface area contributed by atoms with E-state index in [0.717, 1.165) is 31.4 Å². The summed E-state index contributed by atoms with van der Waals surface area (Å²) in [6, 6.07) is 0. The Balaban J connectivity index is 2.36. The fourth-order valence-corrected chi connectivity index (χ4v) is 2.38. The van der Waals surface area contributed by atoms with Gasteiger partial charge in [-0.05, 0) is 12.8 Å². The van der Waals surface area contributed by atoms with Crippen LogP contribution >= 0.6 is 0 Å². The van der Waals surface area contributed by atoms with Crippen molar-refractivity contribution in [1.82, 2.24) is 9.78 Å². The Hall–Kier alpha value is -1.56. The standard InChI is InChI=1S/C13H21N3O3/c1-3-4-6-16-12(14)10(9-5-7-19-8-9)11(15-16)13(17)18-2/h9H,3-8,14H2,1-2H3. The number of ether oxygens (including phenoxy) is 2. The lowest BCUT2D eigenvalue weighted by molar-refractivity contribution is 0.0591. The molecule has 2 N–H and O–H groups in total. The predicted molar refractivity (Wildman–Crippen MR) is 71.1 cm³/mol. The largest absolute Gasteiger partial charge is 0.464 e. The Morgan fingerprint density at radius 2 is 2.42 bits per heavy atom. The first kappa shape index (κ1) is 13.9. The van der Waals surface area contributed by atoms with Gasteiger partial charge in [0.15, 0.2) is 5.69 Å². The second kappa shape index (κ2) is 6.06. The van der Waals surface area contributed by atoms with Gasteiger partial charge in [0, 0.05) is 24.6 Å². The van der Waals surface area contributed by atoms with Gasteiger partial charge < -0.3 is 15.2 Å². The van der Waals surface area contributed by atoms with Crippen molar-refractivity contribution in [3.8, 4) is 0 Å². The van der Waals surface area contributed by atoms with E-state index in [1.165, 1.54) is 7.11 Å². The third-order valence-corrected chi connectivity index (χ3v) is 3.47. The number of esters is 1. The van der Waals surface area contributed by atoms with E-state index in [9.17, 15) is 4.79 Å². The highest BCUT2D eigenvalue weighted by Crippen LogP contribution is 2.32. The zero-order valence-corrected chi connectivity index (χ0v) is 11.5. The monoisotopic (exact) mass is 267 g/mol. The van der Waals surface area contributed by atoms with Crippen LogP contribution in [0.2, 0.25) is 0 Å². The maximum absolute atomic E-state index is 11.8. The Morgan fingerprint density at radius 1 is 1.63 bits per heavy atom. The molecule has 0 radical (unpaired) electrons. The van der Waals surface area contributed by atoms with Crippen LogP contribution in [-0.4, -0.2) is 36.1 Å². The number of hydrogen-bond acceptors (Lipinski definition) is 5. The lowest BCUT2D eigenvalue weighted by atomic mass is 9.98. The van der Waals surface area contributed by atoms with Gasteiger partial charge in [-0.1, -0.05) is 13.3 Å². The molecule has 0 aromatic carbocycles. The topological polar surface area (TPSA) is 79.4 Å². The van der Waals surface area contributed by atoms with E-state index < -0.39 is 5.97 Å². The van der Waals surface area contributed by atoms with Crippen LogP contribution in [0.3, 0.4) is 0 Å². The second-order valence-electron chi connectivity index (χ2n) is 4.78. The molecule has 1 aliphatic rings. The lowest BCUT2D eigenvalue weighted by Crippen LogP contribution is -2.09. The number of nitrogen functional groups attached to an aromatic ring is 1. The number of methoxy groups -OCH3 is 1. The van der Waals surface area contributed by atoms with Crippen LogP contribution in [0.1, 0.15) is 48.2 Å². The van der Waals surface area contributed by atoms with Gasteiger partial charge in [0.2, 0.25) is 0 Å².